The summed E-state index contributed by atoms with van der Waals surface area (Å²) in [5.74, 6) is 0. The Labute approximate surface area is 99.3 Å². The molecule has 0 bridgehead atoms. The van der Waals surface area contributed by atoms with Crippen molar-refractivity contribution >= 4 is 0 Å². The SMILES string of the molecule is CCOCCNCCN1CCC(OC)CC1. The van der Waals surface area contributed by atoms with E-state index >= 15 is 0 Å². The zero-order valence-electron chi connectivity index (χ0n) is 10.7. The maximum atomic E-state index is 5.35. The Kier molecular flexibility index (Phi) is 7.76. The number of nitrogens with one attached hydrogen (secondary N) is 1. The third-order valence-corrected chi connectivity index (χ3v) is 3.10. The van der Waals surface area contributed by atoms with Crippen molar-refractivity contribution in [2.45, 2.75) is 25.9 Å². The van der Waals surface area contributed by atoms with Gasteiger partial charge in [0.15, 0.2) is 0 Å². The molecule has 1 saturated heterocycles. The van der Waals surface area contributed by atoms with Crippen LogP contribution in [0.4, 0.5) is 0 Å². The van der Waals surface area contributed by atoms with Crippen LogP contribution >= 0.6 is 0 Å². The number of hydrogen-bond donors (Lipinski definition) is 1. The first-order valence-electron chi connectivity index (χ1n) is 6.40. The normalized spacial score (nSPS) is 19.1. The van der Waals surface area contributed by atoms with E-state index in [1.165, 1.54) is 25.9 Å². The Bertz CT molecular complexity index is 159. The molecule has 1 fully saturated rings. The van der Waals surface area contributed by atoms with E-state index in [1.54, 1.807) is 0 Å². The second-order valence-electron chi connectivity index (χ2n) is 4.22. The van der Waals surface area contributed by atoms with Crippen LogP contribution in [0.3, 0.4) is 0 Å². The van der Waals surface area contributed by atoms with Crippen molar-refractivity contribution in [1.29, 1.82) is 0 Å². The van der Waals surface area contributed by atoms with Crippen molar-refractivity contribution in [3.63, 3.8) is 0 Å². The quantitative estimate of drug-likeness (QED) is 0.623. The molecule has 1 aliphatic heterocycles. The smallest absolute Gasteiger partial charge is 0.0595 e. The van der Waals surface area contributed by atoms with Gasteiger partial charge >= 0.3 is 0 Å². The third kappa shape index (κ3) is 5.80. The van der Waals surface area contributed by atoms with E-state index < -0.39 is 0 Å². The Morgan fingerprint density at radius 3 is 2.62 bits per heavy atom. The van der Waals surface area contributed by atoms with Crippen LogP contribution in [0.25, 0.3) is 0 Å². The molecule has 1 aliphatic rings. The molecule has 0 aromatic rings. The number of hydrogen-bond acceptors (Lipinski definition) is 4. The fourth-order valence-corrected chi connectivity index (χ4v) is 2.02. The first-order chi connectivity index (χ1) is 7.86. The van der Waals surface area contributed by atoms with Crippen LogP contribution < -0.4 is 5.32 Å². The molecule has 0 radical (unpaired) electrons. The fraction of sp³-hybridized carbons (Fsp3) is 1.00. The van der Waals surface area contributed by atoms with Crippen molar-refractivity contribution in [2.24, 2.45) is 0 Å². The molecule has 0 aromatic carbocycles. The minimum atomic E-state index is 0.488. The molecular weight excluding hydrogens is 204 g/mol. The highest BCUT2D eigenvalue weighted by Gasteiger charge is 2.17. The summed E-state index contributed by atoms with van der Waals surface area (Å²) in [6.45, 7) is 9.17. The van der Waals surface area contributed by atoms with Crippen molar-refractivity contribution in [3.8, 4) is 0 Å². The molecule has 1 heterocycles. The average molecular weight is 230 g/mol. The number of ether oxygens (including phenoxy) is 2. The molecule has 4 heteroatoms. The van der Waals surface area contributed by atoms with Gasteiger partial charge in [-0.25, -0.2) is 0 Å². The summed E-state index contributed by atoms with van der Waals surface area (Å²) in [5.41, 5.74) is 0. The van der Waals surface area contributed by atoms with Crippen molar-refractivity contribution in [1.82, 2.24) is 10.2 Å². The van der Waals surface area contributed by atoms with Crippen LogP contribution in [0, 0.1) is 0 Å². The number of rotatable bonds is 8. The number of likely N-dealkylation sites (tertiary alicyclic amines) is 1. The van der Waals surface area contributed by atoms with Gasteiger partial charge in [-0.2, -0.15) is 0 Å². The van der Waals surface area contributed by atoms with Gasteiger partial charge < -0.3 is 19.7 Å². The lowest BCUT2D eigenvalue weighted by Gasteiger charge is -2.31. The van der Waals surface area contributed by atoms with E-state index in [2.05, 4.69) is 10.2 Å². The van der Waals surface area contributed by atoms with Gasteiger partial charge in [-0.1, -0.05) is 0 Å². The number of methoxy groups -OCH3 is 1. The minimum Gasteiger partial charge on any atom is -0.381 e. The summed E-state index contributed by atoms with van der Waals surface area (Å²) in [4.78, 5) is 2.50. The van der Waals surface area contributed by atoms with E-state index in [4.69, 9.17) is 9.47 Å². The van der Waals surface area contributed by atoms with Crippen LogP contribution in [0.15, 0.2) is 0 Å². The number of nitrogens with zero attached hydrogens (tertiary/aromatic N) is 1. The molecule has 0 saturated carbocycles. The van der Waals surface area contributed by atoms with Gasteiger partial charge in [0, 0.05) is 46.4 Å². The maximum Gasteiger partial charge on any atom is 0.0595 e. The monoisotopic (exact) mass is 230 g/mol. The topological polar surface area (TPSA) is 33.7 Å². The molecule has 1 rings (SSSR count). The summed E-state index contributed by atoms with van der Waals surface area (Å²) >= 11 is 0. The predicted molar refractivity (Wildman–Crippen MR) is 65.8 cm³/mol. The van der Waals surface area contributed by atoms with Gasteiger partial charge in [-0.05, 0) is 19.8 Å². The van der Waals surface area contributed by atoms with E-state index in [0.717, 1.165) is 32.8 Å². The van der Waals surface area contributed by atoms with Gasteiger partial charge in [-0.3, -0.25) is 0 Å². The third-order valence-electron chi connectivity index (χ3n) is 3.10. The van der Waals surface area contributed by atoms with Gasteiger partial charge in [-0.15, -0.1) is 0 Å². The summed E-state index contributed by atoms with van der Waals surface area (Å²) in [5, 5.41) is 3.39. The van der Waals surface area contributed by atoms with Crippen molar-refractivity contribution in [3.05, 3.63) is 0 Å². The largest absolute Gasteiger partial charge is 0.381 e. The lowest BCUT2D eigenvalue weighted by Crippen LogP contribution is -2.40. The van der Waals surface area contributed by atoms with Gasteiger partial charge in [0.1, 0.15) is 0 Å². The molecular formula is C12H26N2O2. The number of piperidine rings is 1. The molecule has 0 atom stereocenters. The van der Waals surface area contributed by atoms with E-state index in [0.29, 0.717) is 6.10 Å². The molecule has 0 unspecified atom stereocenters. The van der Waals surface area contributed by atoms with Gasteiger partial charge in [0.25, 0.3) is 0 Å². The lowest BCUT2D eigenvalue weighted by atomic mass is 10.1. The van der Waals surface area contributed by atoms with Crippen molar-refractivity contribution in [2.75, 3.05) is 53.0 Å². The summed E-state index contributed by atoms with van der Waals surface area (Å²) in [6, 6.07) is 0. The summed E-state index contributed by atoms with van der Waals surface area (Å²) < 4.78 is 10.6. The van der Waals surface area contributed by atoms with Crippen LogP contribution in [0.1, 0.15) is 19.8 Å². The van der Waals surface area contributed by atoms with Crippen LogP contribution in [-0.4, -0.2) is 64.1 Å². The predicted octanol–water partition coefficient (Wildman–Crippen LogP) is 0.723. The van der Waals surface area contributed by atoms with Gasteiger partial charge in [0.05, 0.1) is 12.7 Å². The highest BCUT2D eigenvalue weighted by molar-refractivity contribution is 4.72. The Hall–Kier alpha value is -0.160. The molecule has 0 amide bonds. The van der Waals surface area contributed by atoms with E-state index in [-0.39, 0.29) is 0 Å². The zero-order valence-corrected chi connectivity index (χ0v) is 10.7. The van der Waals surface area contributed by atoms with Crippen molar-refractivity contribution < 1.29 is 9.47 Å². The van der Waals surface area contributed by atoms with Crippen LogP contribution in [0.5, 0.6) is 0 Å². The second-order valence-corrected chi connectivity index (χ2v) is 4.22. The minimum absolute atomic E-state index is 0.488. The first kappa shape index (κ1) is 13.9. The molecule has 16 heavy (non-hydrogen) atoms. The van der Waals surface area contributed by atoms with Gasteiger partial charge in [0.2, 0.25) is 0 Å². The molecule has 0 aliphatic carbocycles. The van der Waals surface area contributed by atoms with Crippen LogP contribution in [-0.2, 0) is 9.47 Å². The standard InChI is InChI=1S/C12H26N2O2/c1-3-16-11-7-13-6-10-14-8-4-12(15-2)5-9-14/h12-13H,3-11H2,1-2H3. The average Bonchev–Trinajstić information content (AvgIpc) is 2.34. The van der Waals surface area contributed by atoms with E-state index in [1.807, 2.05) is 14.0 Å². The lowest BCUT2D eigenvalue weighted by molar-refractivity contribution is 0.0413. The fourth-order valence-electron chi connectivity index (χ4n) is 2.02. The Balaban J connectivity index is 1.90. The Morgan fingerprint density at radius 1 is 1.25 bits per heavy atom. The van der Waals surface area contributed by atoms with E-state index in [9.17, 15) is 0 Å². The molecule has 0 spiro atoms. The highest BCUT2D eigenvalue weighted by atomic mass is 16.5. The zero-order chi connectivity index (χ0) is 11.6. The second kappa shape index (κ2) is 8.93. The summed E-state index contributed by atoms with van der Waals surface area (Å²) in [6.07, 6.45) is 2.84. The maximum absolute atomic E-state index is 5.35. The Morgan fingerprint density at radius 2 is 2.00 bits per heavy atom. The highest BCUT2D eigenvalue weighted by Crippen LogP contribution is 2.11. The summed E-state index contributed by atoms with van der Waals surface area (Å²) in [7, 11) is 1.82. The molecule has 96 valence electrons. The molecule has 4 nitrogen and oxygen atoms in total. The first-order valence-corrected chi connectivity index (χ1v) is 6.40. The molecule has 1 N–H and O–H groups in total. The van der Waals surface area contributed by atoms with Crippen LogP contribution in [0.2, 0.25) is 0 Å². The molecule has 0 aromatic heterocycles.